The van der Waals surface area contributed by atoms with Crippen LogP contribution in [0.1, 0.15) is 10.4 Å². The summed E-state index contributed by atoms with van der Waals surface area (Å²) in [6.45, 7) is 0. The molecule has 0 unspecified atom stereocenters. The number of anilines is 2. The fourth-order valence-electron chi connectivity index (χ4n) is 2.27. The van der Waals surface area contributed by atoms with Crippen LogP contribution in [-0.2, 0) is 0 Å². The molecule has 6 nitrogen and oxygen atoms in total. The van der Waals surface area contributed by atoms with Crippen molar-refractivity contribution in [3.05, 3.63) is 66.5 Å². The zero-order valence-electron chi connectivity index (χ0n) is 12.2. The van der Waals surface area contributed by atoms with Gasteiger partial charge in [-0.3, -0.25) is 0 Å². The number of carboxylic acid groups (broad SMARTS) is 1. The number of aromatic nitrogens is 3. The molecule has 0 aliphatic rings. The van der Waals surface area contributed by atoms with E-state index in [0.717, 1.165) is 0 Å². The first kappa shape index (κ1) is 14.7. The highest BCUT2D eigenvalue weighted by Crippen LogP contribution is 2.29. The van der Waals surface area contributed by atoms with Crippen LogP contribution in [0.25, 0.3) is 5.69 Å². The molecule has 3 aromatic rings. The predicted molar refractivity (Wildman–Crippen MR) is 82.8 cm³/mol. The van der Waals surface area contributed by atoms with Gasteiger partial charge in [0.2, 0.25) is 0 Å². The van der Waals surface area contributed by atoms with Gasteiger partial charge in [-0.25, -0.2) is 18.9 Å². The van der Waals surface area contributed by atoms with E-state index in [9.17, 15) is 14.3 Å². The first-order valence-electron chi connectivity index (χ1n) is 6.78. The number of halogens is 1. The zero-order valence-corrected chi connectivity index (χ0v) is 12.2. The highest BCUT2D eigenvalue weighted by atomic mass is 19.1. The lowest BCUT2D eigenvalue weighted by Gasteiger charge is -2.22. The van der Waals surface area contributed by atoms with Crippen LogP contribution in [-0.4, -0.2) is 32.9 Å². The monoisotopic (exact) mass is 312 g/mol. The lowest BCUT2D eigenvalue weighted by Crippen LogP contribution is -2.15. The average Bonchev–Trinajstić information content (AvgIpc) is 3.08. The molecule has 1 N–H and O–H groups in total. The third-order valence-electron chi connectivity index (χ3n) is 3.47. The number of nitrogens with zero attached hydrogens (tertiary/aromatic N) is 4. The van der Waals surface area contributed by atoms with Crippen molar-refractivity contribution in [2.45, 2.75) is 0 Å². The van der Waals surface area contributed by atoms with Crippen LogP contribution in [0, 0.1) is 5.82 Å². The topological polar surface area (TPSA) is 71.2 Å². The van der Waals surface area contributed by atoms with Gasteiger partial charge in [0.15, 0.2) is 0 Å². The van der Waals surface area contributed by atoms with Crippen molar-refractivity contribution in [1.29, 1.82) is 0 Å². The largest absolute Gasteiger partial charge is 0.478 e. The molecule has 0 saturated heterocycles. The standard InChI is InChI=1S/C16H13FN4O2/c1-20(12-4-2-11(17)3-5-12)15-8-13(21-10-18-9-19-21)6-7-14(15)16(22)23/h2-10H,1H3,(H,22,23). The van der Waals surface area contributed by atoms with Crippen LogP contribution < -0.4 is 4.90 Å². The summed E-state index contributed by atoms with van der Waals surface area (Å²) in [5.41, 5.74) is 1.96. The number of benzene rings is 2. The first-order valence-corrected chi connectivity index (χ1v) is 6.78. The summed E-state index contributed by atoms with van der Waals surface area (Å²) in [6.07, 6.45) is 2.92. The summed E-state index contributed by atoms with van der Waals surface area (Å²) < 4.78 is 14.6. The van der Waals surface area contributed by atoms with Gasteiger partial charge >= 0.3 is 5.97 Å². The fraction of sp³-hybridized carbons (Fsp3) is 0.0625. The number of aromatic carboxylic acids is 1. The zero-order chi connectivity index (χ0) is 16.4. The van der Waals surface area contributed by atoms with E-state index >= 15 is 0 Å². The number of rotatable bonds is 4. The Labute approximate surface area is 131 Å². The van der Waals surface area contributed by atoms with E-state index in [1.807, 2.05) is 0 Å². The maximum atomic E-state index is 13.1. The van der Waals surface area contributed by atoms with E-state index < -0.39 is 5.97 Å². The Balaban J connectivity index is 2.09. The van der Waals surface area contributed by atoms with Crippen molar-refractivity contribution >= 4 is 17.3 Å². The van der Waals surface area contributed by atoms with Gasteiger partial charge in [0, 0.05) is 12.7 Å². The lowest BCUT2D eigenvalue weighted by atomic mass is 10.1. The number of carbonyl (C=O) groups is 1. The minimum Gasteiger partial charge on any atom is -0.478 e. The molecule has 3 rings (SSSR count). The Morgan fingerprint density at radius 3 is 2.57 bits per heavy atom. The van der Waals surface area contributed by atoms with E-state index in [0.29, 0.717) is 17.1 Å². The predicted octanol–water partition coefficient (Wildman–Crippen LogP) is 2.87. The van der Waals surface area contributed by atoms with Crippen molar-refractivity contribution in [3.63, 3.8) is 0 Å². The van der Waals surface area contributed by atoms with E-state index in [2.05, 4.69) is 10.1 Å². The molecule has 0 aliphatic heterocycles. The molecule has 0 fully saturated rings. The highest BCUT2D eigenvalue weighted by Gasteiger charge is 2.16. The van der Waals surface area contributed by atoms with Crippen molar-refractivity contribution in [3.8, 4) is 5.69 Å². The van der Waals surface area contributed by atoms with Crippen LogP contribution in [0.4, 0.5) is 15.8 Å². The van der Waals surface area contributed by atoms with Gasteiger partial charge in [-0.15, -0.1) is 0 Å². The van der Waals surface area contributed by atoms with Gasteiger partial charge in [0.05, 0.1) is 16.9 Å². The first-order chi connectivity index (χ1) is 11.1. The molecule has 23 heavy (non-hydrogen) atoms. The van der Waals surface area contributed by atoms with E-state index in [-0.39, 0.29) is 11.4 Å². The number of hydrogen-bond acceptors (Lipinski definition) is 4. The summed E-state index contributed by atoms with van der Waals surface area (Å²) in [7, 11) is 1.72. The van der Waals surface area contributed by atoms with Crippen molar-refractivity contribution < 1.29 is 14.3 Å². The van der Waals surface area contributed by atoms with E-state index in [4.69, 9.17) is 0 Å². The molecule has 0 atom stereocenters. The molecule has 116 valence electrons. The third kappa shape index (κ3) is 2.89. The molecule has 1 aromatic heterocycles. The van der Waals surface area contributed by atoms with Gasteiger partial charge in [0.25, 0.3) is 0 Å². The second-order valence-corrected chi connectivity index (χ2v) is 4.88. The van der Waals surface area contributed by atoms with Crippen molar-refractivity contribution in [2.75, 3.05) is 11.9 Å². The molecule has 0 radical (unpaired) electrons. The second kappa shape index (κ2) is 5.88. The van der Waals surface area contributed by atoms with Crippen LogP contribution in [0.15, 0.2) is 55.1 Å². The molecule has 0 saturated carbocycles. The van der Waals surface area contributed by atoms with Crippen LogP contribution >= 0.6 is 0 Å². The summed E-state index contributed by atoms with van der Waals surface area (Å²) in [6, 6.07) is 10.7. The summed E-state index contributed by atoms with van der Waals surface area (Å²) in [5, 5.41) is 13.4. The Bertz CT molecular complexity index is 832. The van der Waals surface area contributed by atoms with Crippen LogP contribution in [0.2, 0.25) is 0 Å². The summed E-state index contributed by atoms with van der Waals surface area (Å²) in [5.74, 6) is -1.39. The van der Waals surface area contributed by atoms with Crippen LogP contribution in [0.5, 0.6) is 0 Å². The van der Waals surface area contributed by atoms with Crippen LogP contribution in [0.3, 0.4) is 0 Å². The SMILES string of the molecule is CN(c1ccc(F)cc1)c1cc(-n2cncn2)ccc1C(=O)O. The Morgan fingerprint density at radius 2 is 1.96 bits per heavy atom. The fourth-order valence-corrected chi connectivity index (χ4v) is 2.27. The Kier molecular flexibility index (Phi) is 3.76. The molecule has 0 aliphatic carbocycles. The smallest absolute Gasteiger partial charge is 0.337 e. The molecule has 0 amide bonds. The Morgan fingerprint density at radius 1 is 1.22 bits per heavy atom. The van der Waals surface area contributed by atoms with Gasteiger partial charge in [-0.2, -0.15) is 5.10 Å². The average molecular weight is 312 g/mol. The molecular formula is C16H13FN4O2. The summed E-state index contributed by atoms with van der Waals surface area (Å²) >= 11 is 0. The van der Waals surface area contributed by atoms with Gasteiger partial charge in [-0.05, 0) is 42.5 Å². The maximum Gasteiger partial charge on any atom is 0.337 e. The second-order valence-electron chi connectivity index (χ2n) is 4.88. The lowest BCUT2D eigenvalue weighted by molar-refractivity contribution is 0.0697. The maximum absolute atomic E-state index is 13.1. The number of hydrogen-bond donors (Lipinski definition) is 1. The highest BCUT2D eigenvalue weighted by molar-refractivity contribution is 5.96. The Hall–Kier alpha value is -3.22. The quantitative estimate of drug-likeness (QED) is 0.802. The molecule has 2 aromatic carbocycles. The van der Waals surface area contributed by atoms with E-state index in [1.165, 1.54) is 35.5 Å². The normalized spacial score (nSPS) is 10.5. The molecule has 0 bridgehead atoms. The van der Waals surface area contributed by atoms with Crippen molar-refractivity contribution in [1.82, 2.24) is 14.8 Å². The minimum absolute atomic E-state index is 0.140. The molecular weight excluding hydrogens is 299 g/mol. The van der Waals surface area contributed by atoms with Gasteiger partial charge in [-0.1, -0.05) is 0 Å². The minimum atomic E-state index is -1.04. The molecule has 1 heterocycles. The third-order valence-corrected chi connectivity index (χ3v) is 3.47. The molecule has 7 heteroatoms. The van der Waals surface area contributed by atoms with E-state index in [1.54, 1.807) is 36.2 Å². The van der Waals surface area contributed by atoms with Crippen molar-refractivity contribution in [2.24, 2.45) is 0 Å². The van der Waals surface area contributed by atoms with Gasteiger partial charge in [0.1, 0.15) is 18.5 Å². The number of carboxylic acids is 1. The molecule has 0 spiro atoms. The van der Waals surface area contributed by atoms with Gasteiger partial charge < -0.3 is 10.0 Å². The summed E-state index contributed by atoms with van der Waals surface area (Å²) in [4.78, 5) is 17.1.